The van der Waals surface area contributed by atoms with Gasteiger partial charge in [-0.3, -0.25) is 0 Å². The van der Waals surface area contributed by atoms with Crippen molar-refractivity contribution >= 4 is 5.95 Å². The third kappa shape index (κ3) is 2.74. The van der Waals surface area contributed by atoms with Gasteiger partial charge in [-0.1, -0.05) is 12.1 Å². The molecule has 4 nitrogen and oxygen atoms in total. The van der Waals surface area contributed by atoms with Crippen molar-refractivity contribution in [3.05, 3.63) is 47.3 Å². The van der Waals surface area contributed by atoms with Crippen LogP contribution in [0.25, 0.3) is 0 Å². The van der Waals surface area contributed by atoms with E-state index >= 15 is 0 Å². The van der Waals surface area contributed by atoms with Gasteiger partial charge in [-0.05, 0) is 44.5 Å². The Morgan fingerprint density at radius 3 is 2.40 bits per heavy atom. The molecule has 2 aromatic rings. The standard InChI is InChI=1S/C16H19N3O/c1-11-5-4-6-14(7-11)20-15-9-19(10-15)16-17-12(2)8-13(3)18-16/h4-8,15H,9-10H2,1-3H3. The molecule has 0 saturated carbocycles. The summed E-state index contributed by atoms with van der Waals surface area (Å²) in [7, 11) is 0. The van der Waals surface area contributed by atoms with Crippen LogP contribution < -0.4 is 9.64 Å². The minimum Gasteiger partial charge on any atom is -0.487 e. The zero-order chi connectivity index (χ0) is 14.1. The number of aromatic nitrogens is 2. The van der Waals surface area contributed by atoms with E-state index in [4.69, 9.17) is 4.74 Å². The van der Waals surface area contributed by atoms with Crippen molar-refractivity contribution in [3.63, 3.8) is 0 Å². The highest BCUT2D eigenvalue weighted by Crippen LogP contribution is 2.22. The third-order valence-electron chi connectivity index (χ3n) is 3.39. The molecule has 2 heterocycles. The van der Waals surface area contributed by atoms with Gasteiger partial charge in [0.25, 0.3) is 0 Å². The number of nitrogens with zero attached hydrogens (tertiary/aromatic N) is 3. The minimum atomic E-state index is 0.223. The smallest absolute Gasteiger partial charge is 0.226 e. The molecule has 1 saturated heterocycles. The minimum absolute atomic E-state index is 0.223. The van der Waals surface area contributed by atoms with E-state index in [9.17, 15) is 0 Å². The third-order valence-corrected chi connectivity index (χ3v) is 3.39. The number of aryl methyl sites for hydroxylation is 3. The highest BCUT2D eigenvalue weighted by Gasteiger charge is 2.30. The predicted octanol–water partition coefficient (Wildman–Crippen LogP) is 2.67. The van der Waals surface area contributed by atoms with Crippen molar-refractivity contribution in [2.75, 3.05) is 18.0 Å². The lowest BCUT2D eigenvalue weighted by Gasteiger charge is -2.39. The summed E-state index contributed by atoms with van der Waals surface area (Å²) < 4.78 is 5.95. The first-order valence-electron chi connectivity index (χ1n) is 6.91. The van der Waals surface area contributed by atoms with E-state index in [-0.39, 0.29) is 6.10 Å². The second-order valence-corrected chi connectivity index (χ2v) is 5.41. The molecule has 4 heteroatoms. The summed E-state index contributed by atoms with van der Waals surface area (Å²) in [5, 5.41) is 0. The second-order valence-electron chi connectivity index (χ2n) is 5.41. The maximum Gasteiger partial charge on any atom is 0.226 e. The number of anilines is 1. The summed E-state index contributed by atoms with van der Waals surface area (Å²) >= 11 is 0. The summed E-state index contributed by atoms with van der Waals surface area (Å²) in [6, 6.07) is 10.2. The monoisotopic (exact) mass is 269 g/mol. The maximum atomic E-state index is 5.95. The van der Waals surface area contributed by atoms with Crippen LogP contribution in [0.2, 0.25) is 0 Å². The first kappa shape index (κ1) is 12.9. The molecule has 0 radical (unpaired) electrons. The van der Waals surface area contributed by atoms with Crippen molar-refractivity contribution in [3.8, 4) is 5.75 Å². The van der Waals surface area contributed by atoms with Crippen molar-refractivity contribution < 1.29 is 4.74 Å². The molecule has 3 rings (SSSR count). The summed E-state index contributed by atoms with van der Waals surface area (Å²) in [4.78, 5) is 11.1. The highest BCUT2D eigenvalue weighted by atomic mass is 16.5. The molecule has 0 spiro atoms. The van der Waals surface area contributed by atoms with Gasteiger partial charge in [0.2, 0.25) is 5.95 Å². The molecule has 1 aromatic carbocycles. The van der Waals surface area contributed by atoms with Crippen molar-refractivity contribution in [1.29, 1.82) is 0 Å². The average Bonchev–Trinajstić information content (AvgIpc) is 2.32. The van der Waals surface area contributed by atoms with Crippen molar-refractivity contribution in [1.82, 2.24) is 9.97 Å². The molecule has 1 fully saturated rings. The summed E-state index contributed by atoms with van der Waals surface area (Å²) in [5.74, 6) is 1.75. The number of rotatable bonds is 3. The zero-order valence-electron chi connectivity index (χ0n) is 12.1. The molecule has 0 aliphatic carbocycles. The molecule has 0 amide bonds. The largest absolute Gasteiger partial charge is 0.487 e. The van der Waals surface area contributed by atoms with Crippen LogP contribution in [0.3, 0.4) is 0 Å². The second kappa shape index (κ2) is 5.12. The maximum absolute atomic E-state index is 5.95. The molecule has 20 heavy (non-hydrogen) atoms. The van der Waals surface area contributed by atoms with Gasteiger partial charge in [-0.2, -0.15) is 0 Å². The Balaban J connectivity index is 1.61. The fraction of sp³-hybridized carbons (Fsp3) is 0.375. The lowest BCUT2D eigenvalue weighted by Crippen LogP contribution is -2.54. The fourth-order valence-corrected chi connectivity index (χ4v) is 2.41. The Bertz CT molecular complexity index is 601. The van der Waals surface area contributed by atoms with E-state index in [0.717, 1.165) is 36.2 Å². The van der Waals surface area contributed by atoms with Crippen molar-refractivity contribution in [2.24, 2.45) is 0 Å². The van der Waals surface area contributed by atoms with Gasteiger partial charge in [0.1, 0.15) is 11.9 Å². The van der Waals surface area contributed by atoms with E-state index in [1.54, 1.807) is 0 Å². The van der Waals surface area contributed by atoms with Crippen LogP contribution >= 0.6 is 0 Å². The lowest BCUT2D eigenvalue weighted by atomic mass is 10.1. The van der Waals surface area contributed by atoms with E-state index < -0.39 is 0 Å². The number of ether oxygens (including phenoxy) is 1. The van der Waals surface area contributed by atoms with Crippen LogP contribution in [-0.4, -0.2) is 29.2 Å². The van der Waals surface area contributed by atoms with Crippen LogP contribution in [0.5, 0.6) is 5.75 Å². The molecule has 1 aliphatic heterocycles. The molecule has 0 atom stereocenters. The quantitative estimate of drug-likeness (QED) is 0.858. The Kier molecular flexibility index (Phi) is 3.30. The van der Waals surface area contributed by atoms with Crippen LogP contribution in [0, 0.1) is 20.8 Å². The first-order chi connectivity index (χ1) is 9.60. The van der Waals surface area contributed by atoms with Gasteiger partial charge in [0, 0.05) is 11.4 Å². The van der Waals surface area contributed by atoms with E-state index in [1.165, 1.54) is 5.56 Å². The Morgan fingerprint density at radius 2 is 1.75 bits per heavy atom. The summed E-state index contributed by atoms with van der Waals surface area (Å²) in [6.07, 6.45) is 0.223. The molecular formula is C16H19N3O. The Morgan fingerprint density at radius 1 is 1.05 bits per heavy atom. The van der Waals surface area contributed by atoms with Crippen LogP contribution in [0.1, 0.15) is 17.0 Å². The van der Waals surface area contributed by atoms with E-state index in [0.29, 0.717) is 0 Å². The Hall–Kier alpha value is -2.10. The van der Waals surface area contributed by atoms with Gasteiger partial charge in [0.15, 0.2) is 0 Å². The number of benzene rings is 1. The predicted molar refractivity (Wildman–Crippen MR) is 79.3 cm³/mol. The fourth-order valence-electron chi connectivity index (χ4n) is 2.41. The van der Waals surface area contributed by atoms with Crippen LogP contribution in [-0.2, 0) is 0 Å². The molecule has 104 valence electrons. The van der Waals surface area contributed by atoms with Crippen molar-refractivity contribution in [2.45, 2.75) is 26.9 Å². The molecule has 0 N–H and O–H groups in total. The lowest BCUT2D eigenvalue weighted by molar-refractivity contribution is 0.166. The molecule has 0 bridgehead atoms. The molecular weight excluding hydrogens is 250 g/mol. The number of hydrogen-bond acceptors (Lipinski definition) is 4. The highest BCUT2D eigenvalue weighted by molar-refractivity contribution is 5.37. The SMILES string of the molecule is Cc1cccc(OC2CN(c3nc(C)cc(C)n3)C2)c1. The first-order valence-corrected chi connectivity index (χ1v) is 6.91. The number of hydrogen-bond donors (Lipinski definition) is 0. The van der Waals surface area contributed by atoms with Gasteiger partial charge >= 0.3 is 0 Å². The van der Waals surface area contributed by atoms with E-state index in [2.05, 4.69) is 33.9 Å². The van der Waals surface area contributed by atoms with Crippen LogP contribution in [0.15, 0.2) is 30.3 Å². The summed E-state index contributed by atoms with van der Waals surface area (Å²) in [5.41, 5.74) is 3.24. The van der Waals surface area contributed by atoms with E-state index in [1.807, 2.05) is 32.0 Å². The van der Waals surface area contributed by atoms with Gasteiger partial charge in [-0.25, -0.2) is 9.97 Å². The van der Waals surface area contributed by atoms with Gasteiger partial charge in [-0.15, -0.1) is 0 Å². The topological polar surface area (TPSA) is 38.2 Å². The van der Waals surface area contributed by atoms with Gasteiger partial charge in [0.05, 0.1) is 13.1 Å². The molecule has 1 aromatic heterocycles. The average molecular weight is 269 g/mol. The molecule has 0 unspecified atom stereocenters. The van der Waals surface area contributed by atoms with Crippen LogP contribution in [0.4, 0.5) is 5.95 Å². The summed E-state index contributed by atoms with van der Waals surface area (Å²) in [6.45, 7) is 7.76. The zero-order valence-corrected chi connectivity index (χ0v) is 12.1. The normalized spacial score (nSPS) is 15.1. The Labute approximate surface area is 119 Å². The molecule has 1 aliphatic rings. The van der Waals surface area contributed by atoms with Gasteiger partial charge < -0.3 is 9.64 Å².